The maximum Gasteiger partial charge on any atom is 0.130 e. The first-order valence-corrected chi connectivity index (χ1v) is 6.62. The summed E-state index contributed by atoms with van der Waals surface area (Å²) in [5.74, 6) is 2.10. The lowest BCUT2D eigenvalue weighted by Gasteiger charge is -2.14. The van der Waals surface area contributed by atoms with Crippen LogP contribution in [-0.4, -0.2) is 5.11 Å². The van der Waals surface area contributed by atoms with Crippen LogP contribution in [0.1, 0.15) is 43.9 Å². The van der Waals surface area contributed by atoms with Gasteiger partial charge in [0.25, 0.3) is 0 Å². The topological polar surface area (TPSA) is 29.5 Å². The van der Waals surface area contributed by atoms with E-state index in [0.29, 0.717) is 5.92 Å². The molecular formula is C17H20O2. The number of benzene rings is 2. The molecular weight excluding hydrogens is 236 g/mol. The summed E-state index contributed by atoms with van der Waals surface area (Å²) in [5.41, 5.74) is 2.09. The average molecular weight is 256 g/mol. The third kappa shape index (κ3) is 3.36. The van der Waals surface area contributed by atoms with Crippen molar-refractivity contribution in [2.45, 2.75) is 32.8 Å². The molecule has 2 aromatic rings. The van der Waals surface area contributed by atoms with Crippen LogP contribution in [0, 0.1) is 0 Å². The Balaban J connectivity index is 2.21. The Kier molecular flexibility index (Phi) is 4.23. The Morgan fingerprint density at radius 2 is 1.53 bits per heavy atom. The molecule has 19 heavy (non-hydrogen) atoms. The van der Waals surface area contributed by atoms with Gasteiger partial charge in [-0.3, -0.25) is 0 Å². The summed E-state index contributed by atoms with van der Waals surface area (Å²) in [4.78, 5) is 0. The number of aliphatic hydroxyl groups excluding tert-OH is 1. The van der Waals surface area contributed by atoms with Crippen LogP contribution in [0.25, 0.3) is 0 Å². The van der Waals surface area contributed by atoms with Crippen molar-refractivity contribution >= 4 is 0 Å². The van der Waals surface area contributed by atoms with Crippen LogP contribution in [0.3, 0.4) is 0 Å². The summed E-state index contributed by atoms with van der Waals surface area (Å²) in [6, 6.07) is 15.6. The average Bonchev–Trinajstić information content (AvgIpc) is 2.39. The number of ether oxygens (including phenoxy) is 1. The third-order valence-corrected chi connectivity index (χ3v) is 3.13. The molecule has 1 N–H and O–H groups in total. The molecule has 0 aliphatic carbocycles. The van der Waals surface area contributed by atoms with Crippen LogP contribution < -0.4 is 4.74 Å². The molecule has 0 fully saturated rings. The van der Waals surface area contributed by atoms with E-state index in [1.807, 2.05) is 42.5 Å². The number of aliphatic hydroxyl groups is 1. The third-order valence-electron chi connectivity index (χ3n) is 3.13. The van der Waals surface area contributed by atoms with Gasteiger partial charge >= 0.3 is 0 Å². The van der Waals surface area contributed by atoms with E-state index in [4.69, 9.17) is 4.74 Å². The van der Waals surface area contributed by atoms with E-state index in [2.05, 4.69) is 19.9 Å². The molecule has 0 amide bonds. The Hall–Kier alpha value is -1.80. The van der Waals surface area contributed by atoms with Crippen LogP contribution in [0.15, 0.2) is 48.5 Å². The van der Waals surface area contributed by atoms with Gasteiger partial charge in [0.15, 0.2) is 0 Å². The van der Waals surface area contributed by atoms with Crippen molar-refractivity contribution in [3.05, 3.63) is 59.7 Å². The number of para-hydroxylation sites is 1. The maximum absolute atomic E-state index is 9.48. The molecule has 0 heterocycles. The van der Waals surface area contributed by atoms with E-state index >= 15 is 0 Å². The molecule has 0 bridgehead atoms. The smallest absolute Gasteiger partial charge is 0.130 e. The minimum absolute atomic E-state index is 0.424. The van der Waals surface area contributed by atoms with Crippen molar-refractivity contribution in [2.24, 2.45) is 0 Å². The van der Waals surface area contributed by atoms with Gasteiger partial charge in [0.2, 0.25) is 0 Å². The van der Waals surface area contributed by atoms with E-state index in [0.717, 1.165) is 17.1 Å². The monoisotopic (exact) mass is 256 g/mol. The molecule has 2 rings (SSSR count). The lowest BCUT2D eigenvalue weighted by Crippen LogP contribution is -1.94. The predicted octanol–water partition coefficient (Wildman–Crippen LogP) is 4.66. The van der Waals surface area contributed by atoms with Gasteiger partial charge in [-0.25, -0.2) is 0 Å². The second-order valence-electron chi connectivity index (χ2n) is 5.04. The van der Waals surface area contributed by atoms with E-state index in [9.17, 15) is 5.11 Å². The zero-order valence-corrected chi connectivity index (χ0v) is 11.6. The molecule has 1 atom stereocenters. The summed E-state index contributed by atoms with van der Waals surface area (Å²) < 4.78 is 5.92. The summed E-state index contributed by atoms with van der Waals surface area (Å²) in [6.45, 7) is 6.06. The van der Waals surface area contributed by atoms with Crippen LogP contribution >= 0.6 is 0 Å². The molecule has 1 unspecified atom stereocenters. The van der Waals surface area contributed by atoms with E-state index in [-0.39, 0.29) is 0 Å². The Bertz CT molecular complexity index is 527. The number of hydrogen-bond acceptors (Lipinski definition) is 2. The highest BCUT2D eigenvalue weighted by Crippen LogP contribution is 2.30. The lowest BCUT2D eigenvalue weighted by atomic mass is 10.0. The van der Waals surface area contributed by atoms with E-state index < -0.39 is 6.10 Å². The summed E-state index contributed by atoms with van der Waals surface area (Å²) in [5, 5.41) is 9.48. The maximum atomic E-state index is 9.48. The zero-order chi connectivity index (χ0) is 13.8. The number of hydrogen-bond donors (Lipinski definition) is 1. The van der Waals surface area contributed by atoms with Crippen LogP contribution in [0.4, 0.5) is 0 Å². The van der Waals surface area contributed by atoms with Crippen LogP contribution in [0.5, 0.6) is 11.5 Å². The molecule has 0 aliphatic rings. The number of rotatable bonds is 4. The van der Waals surface area contributed by atoms with Gasteiger partial charge in [0.05, 0.1) is 6.10 Å². The van der Waals surface area contributed by atoms with Crippen molar-refractivity contribution in [2.75, 3.05) is 0 Å². The van der Waals surface area contributed by atoms with E-state index in [1.165, 1.54) is 5.56 Å². The van der Waals surface area contributed by atoms with Crippen LogP contribution in [0.2, 0.25) is 0 Å². The summed E-state index contributed by atoms with van der Waals surface area (Å²) in [6.07, 6.45) is -0.447. The Labute approximate surface area is 114 Å². The molecule has 0 aromatic heterocycles. The second-order valence-corrected chi connectivity index (χ2v) is 5.04. The lowest BCUT2D eigenvalue weighted by molar-refractivity contribution is 0.199. The summed E-state index contributed by atoms with van der Waals surface area (Å²) in [7, 11) is 0. The molecule has 2 aromatic carbocycles. The zero-order valence-electron chi connectivity index (χ0n) is 11.6. The van der Waals surface area contributed by atoms with Crippen molar-refractivity contribution in [3.8, 4) is 11.5 Å². The molecule has 0 saturated heterocycles. The van der Waals surface area contributed by atoms with Gasteiger partial charge in [-0.05, 0) is 42.2 Å². The highest BCUT2D eigenvalue weighted by atomic mass is 16.5. The largest absolute Gasteiger partial charge is 0.457 e. The molecule has 2 nitrogen and oxygen atoms in total. The minimum Gasteiger partial charge on any atom is -0.457 e. The fraction of sp³-hybridized carbons (Fsp3) is 0.294. The highest BCUT2D eigenvalue weighted by Gasteiger charge is 2.08. The van der Waals surface area contributed by atoms with Crippen LogP contribution in [-0.2, 0) is 0 Å². The fourth-order valence-corrected chi connectivity index (χ4v) is 1.99. The van der Waals surface area contributed by atoms with E-state index in [1.54, 1.807) is 6.92 Å². The van der Waals surface area contributed by atoms with Crippen molar-refractivity contribution in [3.63, 3.8) is 0 Å². The second kappa shape index (κ2) is 5.89. The highest BCUT2D eigenvalue weighted by molar-refractivity contribution is 5.40. The van der Waals surface area contributed by atoms with Gasteiger partial charge in [-0.15, -0.1) is 0 Å². The molecule has 100 valence electrons. The molecule has 2 heteroatoms. The van der Waals surface area contributed by atoms with Gasteiger partial charge < -0.3 is 9.84 Å². The normalized spacial score (nSPS) is 12.5. The molecule has 0 radical (unpaired) electrons. The first kappa shape index (κ1) is 13.6. The molecule has 0 aliphatic heterocycles. The SMILES string of the molecule is CC(C)c1ccccc1Oc1ccc(C(C)O)cc1. The predicted molar refractivity (Wildman–Crippen MR) is 77.7 cm³/mol. The van der Waals surface area contributed by atoms with Crippen molar-refractivity contribution < 1.29 is 9.84 Å². The van der Waals surface area contributed by atoms with Gasteiger partial charge in [0, 0.05) is 0 Å². The quantitative estimate of drug-likeness (QED) is 0.862. The Morgan fingerprint density at radius 1 is 0.895 bits per heavy atom. The molecule has 0 saturated carbocycles. The van der Waals surface area contributed by atoms with Gasteiger partial charge in [-0.2, -0.15) is 0 Å². The first-order valence-electron chi connectivity index (χ1n) is 6.62. The molecule has 0 spiro atoms. The van der Waals surface area contributed by atoms with Gasteiger partial charge in [-0.1, -0.05) is 44.2 Å². The van der Waals surface area contributed by atoms with Crippen molar-refractivity contribution in [1.29, 1.82) is 0 Å². The standard InChI is InChI=1S/C17H20O2/c1-12(2)16-6-4-5-7-17(16)19-15-10-8-14(9-11-15)13(3)18/h4-13,18H,1-3H3. The van der Waals surface area contributed by atoms with Crippen molar-refractivity contribution in [1.82, 2.24) is 0 Å². The minimum atomic E-state index is -0.447. The Morgan fingerprint density at radius 3 is 2.11 bits per heavy atom. The first-order chi connectivity index (χ1) is 9.08. The summed E-state index contributed by atoms with van der Waals surface area (Å²) >= 11 is 0. The fourth-order valence-electron chi connectivity index (χ4n) is 1.99. The van der Waals surface area contributed by atoms with Gasteiger partial charge in [0.1, 0.15) is 11.5 Å².